The SMILES string of the molecule is CC(C)NS(=O)(=O)c1ccc(CCl)s1. The Morgan fingerprint density at radius 3 is 2.57 bits per heavy atom. The van der Waals surface area contributed by atoms with Crippen molar-refractivity contribution in [1.29, 1.82) is 0 Å². The zero-order valence-corrected chi connectivity index (χ0v) is 10.3. The van der Waals surface area contributed by atoms with Crippen LogP contribution in [0.3, 0.4) is 0 Å². The van der Waals surface area contributed by atoms with Gasteiger partial charge in [-0.25, -0.2) is 13.1 Å². The lowest BCUT2D eigenvalue weighted by atomic mass is 10.4. The van der Waals surface area contributed by atoms with E-state index in [9.17, 15) is 8.42 Å². The van der Waals surface area contributed by atoms with E-state index in [1.54, 1.807) is 26.0 Å². The van der Waals surface area contributed by atoms with Gasteiger partial charge < -0.3 is 0 Å². The summed E-state index contributed by atoms with van der Waals surface area (Å²) in [5.74, 6) is 0.349. The largest absolute Gasteiger partial charge is 0.250 e. The number of rotatable bonds is 4. The summed E-state index contributed by atoms with van der Waals surface area (Å²) in [6, 6.07) is 3.21. The molecule has 1 aromatic heterocycles. The molecule has 0 aliphatic carbocycles. The Balaban J connectivity index is 2.93. The van der Waals surface area contributed by atoms with Crippen molar-refractivity contribution in [3.8, 4) is 0 Å². The summed E-state index contributed by atoms with van der Waals surface area (Å²) in [7, 11) is -3.34. The Bertz CT molecular complexity index is 397. The molecule has 0 amide bonds. The Morgan fingerprint density at radius 2 is 2.14 bits per heavy atom. The molecule has 80 valence electrons. The van der Waals surface area contributed by atoms with E-state index >= 15 is 0 Å². The topological polar surface area (TPSA) is 46.2 Å². The zero-order valence-electron chi connectivity index (χ0n) is 7.95. The highest BCUT2D eigenvalue weighted by Gasteiger charge is 2.17. The highest BCUT2D eigenvalue weighted by atomic mass is 35.5. The van der Waals surface area contributed by atoms with Crippen LogP contribution in [0.4, 0.5) is 0 Å². The van der Waals surface area contributed by atoms with Gasteiger partial charge in [0.1, 0.15) is 4.21 Å². The van der Waals surface area contributed by atoms with Gasteiger partial charge in [0.25, 0.3) is 0 Å². The summed E-state index contributed by atoms with van der Waals surface area (Å²) >= 11 is 6.79. The smallest absolute Gasteiger partial charge is 0.208 e. The number of nitrogens with one attached hydrogen (secondary N) is 1. The lowest BCUT2D eigenvalue weighted by molar-refractivity contribution is 0.572. The molecule has 0 atom stereocenters. The molecule has 0 aromatic carbocycles. The van der Waals surface area contributed by atoms with Crippen molar-refractivity contribution in [3.63, 3.8) is 0 Å². The maximum atomic E-state index is 11.6. The molecule has 3 nitrogen and oxygen atoms in total. The van der Waals surface area contributed by atoms with Gasteiger partial charge >= 0.3 is 0 Å². The van der Waals surface area contributed by atoms with Gasteiger partial charge in [0.2, 0.25) is 10.0 Å². The zero-order chi connectivity index (χ0) is 10.8. The Kier molecular flexibility index (Phi) is 3.94. The molecular formula is C8H12ClNO2S2. The molecule has 0 saturated carbocycles. The molecule has 0 bridgehead atoms. The average Bonchev–Trinajstić information content (AvgIpc) is 2.49. The van der Waals surface area contributed by atoms with E-state index in [1.807, 2.05) is 0 Å². The Morgan fingerprint density at radius 1 is 1.50 bits per heavy atom. The first-order valence-corrected chi connectivity index (χ1v) is 6.96. The summed E-state index contributed by atoms with van der Waals surface area (Å²) in [4.78, 5) is 0.857. The Labute approximate surface area is 93.1 Å². The molecule has 14 heavy (non-hydrogen) atoms. The first-order chi connectivity index (χ1) is 6.45. The molecule has 0 fully saturated rings. The fourth-order valence-corrected chi connectivity index (χ4v) is 3.67. The van der Waals surface area contributed by atoms with Gasteiger partial charge in [-0.2, -0.15) is 0 Å². The van der Waals surface area contributed by atoms with Gasteiger partial charge in [0.15, 0.2) is 0 Å². The van der Waals surface area contributed by atoms with Gasteiger partial charge in [-0.3, -0.25) is 0 Å². The van der Waals surface area contributed by atoms with Gasteiger partial charge in [-0.05, 0) is 26.0 Å². The van der Waals surface area contributed by atoms with E-state index in [-0.39, 0.29) is 6.04 Å². The van der Waals surface area contributed by atoms with Crippen molar-refractivity contribution < 1.29 is 8.42 Å². The summed E-state index contributed by atoms with van der Waals surface area (Å²) in [5, 5.41) is 0. The number of hydrogen-bond acceptors (Lipinski definition) is 3. The second kappa shape index (κ2) is 4.61. The number of alkyl halides is 1. The molecule has 0 aliphatic rings. The van der Waals surface area contributed by atoms with Crippen LogP contribution in [0.1, 0.15) is 18.7 Å². The van der Waals surface area contributed by atoms with Gasteiger partial charge in [0, 0.05) is 10.9 Å². The molecule has 0 unspecified atom stereocenters. The molecular weight excluding hydrogens is 242 g/mol. The van der Waals surface area contributed by atoms with Crippen LogP contribution in [0.5, 0.6) is 0 Å². The van der Waals surface area contributed by atoms with Crippen molar-refractivity contribution in [3.05, 3.63) is 17.0 Å². The van der Waals surface area contributed by atoms with Gasteiger partial charge in [-0.1, -0.05) is 0 Å². The fourth-order valence-electron chi connectivity index (χ4n) is 0.943. The molecule has 1 rings (SSSR count). The normalized spacial score (nSPS) is 12.3. The maximum Gasteiger partial charge on any atom is 0.250 e. The monoisotopic (exact) mass is 253 g/mol. The highest BCUT2D eigenvalue weighted by molar-refractivity contribution is 7.91. The lowest BCUT2D eigenvalue weighted by Crippen LogP contribution is -2.29. The first kappa shape index (κ1) is 12.0. The van der Waals surface area contributed by atoms with E-state index in [2.05, 4.69) is 4.72 Å². The third-order valence-electron chi connectivity index (χ3n) is 1.42. The van der Waals surface area contributed by atoms with Crippen LogP contribution < -0.4 is 4.72 Å². The second-order valence-corrected chi connectivity index (χ2v) is 6.51. The minimum absolute atomic E-state index is 0.0958. The fraction of sp³-hybridized carbons (Fsp3) is 0.500. The van der Waals surface area contributed by atoms with Gasteiger partial charge in [0.05, 0.1) is 5.88 Å². The highest BCUT2D eigenvalue weighted by Crippen LogP contribution is 2.22. The Hall–Kier alpha value is -0.100. The molecule has 1 N–H and O–H groups in total. The summed E-state index contributed by atoms with van der Waals surface area (Å²) < 4.78 is 26.1. The average molecular weight is 254 g/mol. The minimum atomic E-state index is -3.34. The number of hydrogen-bond donors (Lipinski definition) is 1. The van der Waals surface area contributed by atoms with Crippen LogP contribution >= 0.6 is 22.9 Å². The number of halogens is 1. The minimum Gasteiger partial charge on any atom is -0.208 e. The third kappa shape index (κ3) is 2.95. The first-order valence-electron chi connectivity index (χ1n) is 4.12. The van der Waals surface area contributed by atoms with Gasteiger partial charge in [-0.15, -0.1) is 22.9 Å². The van der Waals surface area contributed by atoms with E-state index in [0.29, 0.717) is 10.1 Å². The molecule has 1 aromatic rings. The predicted molar refractivity (Wildman–Crippen MR) is 59.3 cm³/mol. The summed E-state index contributed by atoms with van der Waals surface area (Å²) in [6.07, 6.45) is 0. The number of sulfonamides is 1. The van der Waals surface area contributed by atoms with Crippen molar-refractivity contribution in [2.75, 3.05) is 0 Å². The molecule has 1 heterocycles. The van der Waals surface area contributed by atoms with Crippen molar-refractivity contribution in [2.24, 2.45) is 0 Å². The van der Waals surface area contributed by atoms with Crippen LogP contribution in [-0.4, -0.2) is 14.5 Å². The molecule has 6 heteroatoms. The second-order valence-electron chi connectivity index (χ2n) is 3.13. The molecule has 0 radical (unpaired) electrons. The third-order valence-corrected chi connectivity index (χ3v) is 5.11. The van der Waals surface area contributed by atoms with Crippen molar-refractivity contribution >= 4 is 33.0 Å². The quantitative estimate of drug-likeness (QED) is 0.836. The summed E-state index contributed by atoms with van der Waals surface area (Å²) in [5.41, 5.74) is 0. The van der Waals surface area contributed by atoms with Crippen LogP contribution in [-0.2, 0) is 15.9 Å². The van der Waals surface area contributed by atoms with Crippen LogP contribution in [0, 0.1) is 0 Å². The lowest BCUT2D eigenvalue weighted by Gasteiger charge is -2.06. The molecule has 0 aliphatic heterocycles. The maximum absolute atomic E-state index is 11.6. The number of thiophene rings is 1. The summed E-state index contributed by atoms with van der Waals surface area (Å²) in [6.45, 7) is 3.57. The predicted octanol–water partition coefficient (Wildman–Crippen LogP) is 2.17. The van der Waals surface area contributed by atoms with Crippen molar-refractivity contribution in [2.45, 2.75) is 30.0 Å². The standard InChI is InChI=1S/C8H12ClNO2S2/c1-6(2)10-14(11,12)8-4-3-7(5-9)13-8/h3-4,6,10H,5H2,1-2H3. The van der Waals surface area contributed by atoms with Crippen LogP contribution in [0.2, 0.25) is 0 Å². The van der Waals surface area contributed by atoms with E-state index < -0.39 is 10.0 Å². The van der Waals surface area contributed by atoms with Crippen LogP contribution in [0.25, 0.3) is 0 Å². The molecule has 0 spiro atoms. The van der Waals surface area contributed by atoms with E-state index in [0.717, 1.165) is 4.88 Å². The van der Waals surface area contributed by atoms with Crippen molar-refractivity contribution in [1.82, 2.24) is 4.72 Å². The van der Waals surface area contributed by atoms with Crippen LogP contribution in [0.15, 0.2) is 16.3 Å². The van der Waals surface area contributed by atoms with E-state index in [4.69, 9.17) is 11.6 Å². The molecule has 0 saturated heterocycles. The van der Waals surface area contributed by atoms with E-state index in [1.165, 1.54) is 11.3 Å².